The Morgan fingerprint density at radius 3 is 1.38 bits per heavy atom. The maximum Gasteiger partial charge on any atom is 0.137 e. The zero-order valence-corrected chi connectivity index (χ0v) is 20.8. The number of nitrogens with zero attached hydrogens (tertiary/aromatic N) is 6. The van der Waals surface area contributed by atoms with Crippen molar-refractivity contribution >= 4 is 33.4 Å². The van der Waals surface area contributed by atoms with Crippen LogP contribution in [0.3, 0.4) is 0 Å². The molecule has 0 amide bonds. The van der Waals surface area contributed by atoms with E-state index in [-0.39, 0.29) is 0 Å². The Morgan fingerprint density at radius 1 is 0.588 bits per heavy atom. The minimum atomic E-state index is 0.526. The van der Waals surface area contributed by atoms with Crippen LogP contribution in [0.2, 0.25) is 0 Å². The van der Waals surface area contributed by atoms with Crippen molar-refractivity contribution in [1.82, 2.24) is 28.7 Å². The smallest absolute Gasteiger partial charge is 0.137 e. The molecule has 0 spiro atoms. The summed E-state index contributed by atoms with van der Waals surface area (Å²) in [5.74, 6) is 1.05. The third kappa shape index (κ3) is 4.49. The van der Waals surface area contributed by atoms with Crippen LogP contribution in [0.4, 0.5) is 0 Å². The van der Waals surface area contributed by atoms with Crippen LogP contribution in [0, 0.1) is 0 Å². The number of fused-ring (bicyclic) bond motifs is 6. The van der Waals surface area contributed by atoms with Crippen molar-refractivity contribution in [2.45, 2.75) is 53.4 Å². The number of pyridine rings is 4. The van der Waals surface area contributed by atoms with Crippen LogP contribution >= 0.6 is 0 Å². The molecular weight excluding hydrogens is 420 g/mol. The molecule has 0 radical (unpaired) electrons. The van der Waals surface area contributed by atoms with Crippen LogP contribution < -0.4 is 0 Å². The normalized spacial score (nSPS) is 11.2. The number of hydrogen-bond acceptors (Lipinski definition) is 4. The van der Waals surface area contributed by atoms with Crippen LogP contribution in [0.25, 0.3) is 33.4 Å². The van der Waals surface area contributed by atoms with Gasteiger partial charge in [-0.2, -0.15) is 0 Å². The molecule has 6 heteroatoms. The van der Waals surface area contributed by atoms with E-state index in [4.69, 9.17) is 0 Å². The first-order chi connectivity index (χ1) is 16.5. The summed E-state index contributed by atoms with van der Waals surface area (Å²) in [7, 11) is 0. The van der Waals surface area contributed by atoms with Gasteiger partial charge in [0.05, 0.1) is 34.5 Å². The Morgan fingerprint density at radius 2 is 1.00 bits per heavy atom. The second-order valence-electron chi connectivity index (χ2n) is 8.64. The fraction of sp³-hybridized carbons (Fsp3) is 0.286. The molecule has 0 aromatic carbocycles. The van der Waals surface area contributed by atoms with Crippen molar-refractivity contribution in [2.75, 3.05) is 0 Å². The molecule has 6 aromatic rings. The molecule has 0 aliphatic rings. The van der Waals surface area contributed by atoms with Crippen LogP contribution in [0.1, 0.15) is 64.5 Å². The Balaban J connectivity index is 0.000000150. The summed E-state index contributed by atoms with van der Waals surface area (Å²) in [5.41, 5.74) is 8.72. The van der Waals surface area contributed by atoms with Crippen molar-refractivity contribution in [2.24, 2.45) is 0 Å². The highest BCUT2D eigenvalue weighted by molar-refractivity contribution is 5.80. The molecule has 0 saturated carbocycles. The molecule has 6 rings (SSSR count). The van der Waals surface area contributed by atoms with Crippen molar-refractivity contribution in [3.63, 3.8) is 0 Å². The van der Waals surface area contributed by atoms with E-state index in [2.05, 4.69) is 93.1 Å². The summed E-state index contributed by atoms with van der Waals surface area (Å²) in [6.07, 6.45) is 11.6. The third-order valence-corrected chi connectivity index (χ3v) is 5.78. The van der Waals surface area contributed by atoms with Gasteiger partial charge in [0.25, 0.3) is 0 Å². The maximum absolute atomic E-state index is 4.54. The summed E-state index contributed by atoms with van der Waals surface area (Å²) in [4.78, 5) is 17.4. The molecule has 0 bridgehead atoms. The molecule has 0 aliphatic heterocycles. The first-order valence-corrected chi connectivity index (χ1v) is 11.9. The Bertz CT molecular complexity index is 1420. The molecule has 0 N–H and O–H groups in total. The van der Waals surface area contributed by atoms with Gasteiger partial charge in [-0.15, -0.1) is 0 Å². The average molecular weight is 453 g/mol. The van der Waals surface area contributed by atoms with Crippen LogP contribution in [-0.2, 0) is 0 Å². The van der Waals surface area contributed by atoms with Crippen molar-refractivity contribution in [3.8, 4) is 0 Å². The molecule has 6 nitrogen and oxygen atoms in total. The standard InChI is InChI=1S/2C13H13N3.C2H6/c2*1-9(2)10-3-4-13-15-11-5-6-14-7-12(11)16(13)8-10;1-2/h2*3-9H,1-2H3;1-2H3. The molecule has 34 heavy (non-hydrogen) atoms. The summed E-state index contributed by atoms with van der Waals surface area (Å²) in [5, 5.41) is 0. The lowest BCUT2D eigenvalue weighted by Gasteiger charge is -2.05. The third-order valence-electron chi connectivity index (χ3n) is 5.78. The average Bonchev–Trinajstić information content (AvgIpc) is 3.43. The maximum atomic E-state index is 4.54. The lowest BCUT2D eigenvalue weighted by atomic mass is 10.1. The zero-order valence-electron chi connectivity index (χ0n) is 20.8. The number of aromatic nitrogens is 6. The van der Waals surface area contributed by atoms with Gasteiger partial charge in [-0.3, -0.25) is 18.8 Å². The fourth-order valence-corrected chi connectivity index (χ4v) is 3.83. The first kappa shape index (κ1) is 23.4. The van der Waals surface area contributed by atoms with Crippen LogP contribution in [0.15, 0.2) is 73.6 Å². The largest absolute Gasteiger partial charge is 0.298 e. The van der Waals surface area contributed by atoms with Gasteiger partial charge in [-0.05, 0) is 47.2 Å². The van der Waals surface area contributed by atoms with Gasteiger partial charge in [-0.25, -0.2) is 9.97 Å². The van der Waals surface area contributed by atoms with E-state index in [1.807, 2.05) is 38.4 Å². The highest BCUT2D eigenvalue weighted by atomic mass is 15.0. The van der Waals surface area contributed by atoms with Crippen molar-refractivity contribution in [1.29, 1.82) is 0 Å². The fourth-order valence-electron chi connectivity index (χ4n) is 3.83. The second kappa shape index (κ2) is 10.00. The highest BCUT2D eigenvalue weighted by Crippen LogP contribution is 2.21. The molecule has 6 aromatic heterocycles. The summed E-state index contributed by atoms with van der Waals surface area (Å²) in [6.45, 7) is 12.8. The van der Waals surface area contributed by atoms with Gasteiger partial charge < -0.3 is 0 Å². The quantitative estimate of drug-likeness (QED) is 0.283. The van der Waals surface area contributed by atoms with Crippen LogP contribution in [-0.4, -0.2) is 28.7 Å². The molecule has 6 heterocycles. The van der Waals surface area contributed by atoms with E-state index in [9.17, 15) is 0 Å². The number of imidazole rings is 2. The molecule has 0 saturated heterocycles. The van der Waals surface area contributed by atoms with Gasteiger partial charge in [0.2, 0.25) is 0 Å². The van der Waals surface area contributed by atoms with Gasteiger partial charge in [0, 0.05) is 24.8 Å². The van der Waals surface area contributed by atoms with Gasteiger partial charge in [0.1, 0.15) is 11.3 Å². The minimum absolute atomic E-state index is 0.526. The van der Waals surface area contributed by atoms with Crippen molar-refractivity contribution in [3.05, 3.63) is 84.7 Å². The van der Waals surface area contributed by atoms with E-state index in [0.29, 0.717) is 11.8 Å². The van der Waals surface area contributed by atoms with E-state index >= 15 is 0 Å². The molecule has 0 fully saturated rings. The van der Waals surface area contributed by atoms with E-state index < -0.39 is 0 Å². The minimum Gasteiger partial charge on any atom is -0.298 e. The second-order valence-corrected chi connectivity index (χ2v) is 8.64. The summed E-state index contributed by atoms with van der Waals surface area (Å²) >= 11 is 0. The highest BCUT2D eigenvalue weighted by Gasteiger charge is 2.07. The van der Waals surface area contributed by atoms with E-state index in [0.717, 1.165) is 33.4 Å². The van der Waals surface area contributed by atoms with E-state index in [1.54, 1.807) is 12.4 Å². The molecule has 0 aliphatic carbocycles. The lowest BCUT2D eigenvalue weighted by Crippen LogP contribution is -1.92. The van der Waals surface area contributed by atoms with Crippen LogP contribution in [0.5, 0.6) is 0 Å². The summed E-state index contributed by atoms with van der Waals surface area (Å²) < 4.78 is 4.22. The Hall–Kier alpha value is -3.80. The van der Waals surface area contributed by atoms with Gasteiger partial charge in [0.15, 0.2) is 0 Å². The number of rotatable bonds is 2. The Labute approximate surface area is 200 Å². The Kier molecular flexibility index (Phi) is 6.87. The molecule has 0 atom stereocenters. The van der Waals surface area contributed by atoms with E-state index in [1.165, 1.54) is 11.1 Å². The molecule has 174 valence electrons. The summed E-state index contributed by atoms with van der Waals surface area (Å²) in [6, 6.07) is 12.3. The molecular formula is C28H32N6. The van der Waals surface area contributed by atoms with Crippen molar-refractivity contribution < 1.29 is 0 Å². The van der Waals surface area contributed by atoms with Gasteiger partial charge in [-0.1, -0.05) is 53.7 Å². The zero-order chi connectivity index (χ0) is 24.2. The monoisotopic (exact) mass is 452 g/mol. The first-order valence-electron chi connectivity index (χ1n) is 11.9. The van der Waals surface area contributed by atoms with Gasteiger partial charge >= 0.3 is 0 Å². The number of hydrogen-bond donors (Lipinski definition) is 0. The topological polar surface area (TPSA) is 60.4 Å². The predicted molar refractivity (Wildman–Crippen MR) is 141 cm³/mol. The lowest BCUT2D eigenvalue weighted by molar-refractivity contribution is 0.855. The predicted octanol–water partition coefficient (Wildman–Crippen LogP) is 7.04. The SMILES string of the molecule is CC.CC(C)c1ccc2nc3ccncc3n2c1.CC(C)c1ccc2nc3ccncc3n2c1. The molecule has 0 unspecified atom stereocenters.